The highest BCUT2D eigenvalue weighted by atomic mass is 35.5. The third kappa shape index (κ3) is 4.07. The second-order valence-corrected chi connectivity index (χ2v) is 6.58. The van der Waals surface area contributed by atoms with Gasteiger partial charge in [-0.3, -0.25) is 0 Å². The van der Waals surface area contributed by atoms with E-state index in [4.69, 9.17) is 0 Å². The molecule has 1 N–H and O–H groups in total. The molecule has 0 radical (unpaired) electrons. The predicted octanol–water partition coefficient (Wildman–Crippen LogP) is 5.97. The summed E-state index contributed by atoms with van der Waals surface area (Å²) in [5, 5.41) is 3.79. The van der Waals surface area contributed by atoms with Crippen molar-refractivity contribution in [1.29, 1.82) is 0 Å². The van der Waals surface area contributed by atoms with E-state index in [2.05, 4.69) is 96.3 Å². The van der Waals surface area contributed by atoms with Crippen LogP contribution in [0.3, 0.4) is 0 Å². The highest BCUT2D eigenvalue weighted by Gasteiger charge is 2.26. The fraction of sp³-hybridized carbons (Fsp3) is 0.167. The van der Waals surface area contributed by atoms with Gasteiger partial charge in [-0.1, -0.05) is 91.0 Å². The number of hydrogen-bond donors (Lipinski definition) is 1. The van der Waals surface area contributed by atoms with Gasteiger partial charge in [-0.15, -0.1) is 12.4 Å². The van der Waals surface area contributed by atoms with E-state index in [1.165, 1.54) is 27.8 Å². The zero-order valence-corrected chi connectivity index (χ0v) is 15.6. The lowest BCUT2D eigenvalue weighted by molar-refractivity contribution is 0.592. The van der Waals surface area contributed by atoms with Crippen molar-refractivity contribution in [3.05, 3.63) is 108 Å². The van der Waals surface area contributed by atoms with Gasteiger partial charge in [0.2, 0.25) is 0 Å². The Morgan fingerprint density at radius 1 is 0.692 bits per heavy atom. The van der Waals surface area contributed by atoms with Gasteiger partial charge in [0.15, 0.2) is 0 Å². The lowest BCUT2D eigenvalue weighted by Crippen LogP contribution is -2.27. The van der Waals surface area contributed by atoms with Crippen molar-refractivity contribution >= 4 is 23.6 Å². The second kappa shape index (κ2) is 8.84. The summed E-state index contributed by atoms with van der Waals surface area (Å²) in [6, 6.07) is 32.7. The van der Waals surface area contributed by atoms with Crippen molar-refractivity contribution in [2.45, 2.75) is 25.4 Å². The quantitative estimate of drug-likeness (QED) is 0.590. The van der Waals surface area contributed by atoms with E-state index in [0.717, 1.165) is 19.4 Å². The fourth-order valence-corrected chi connectivity index (χ4v) is 3.75. The molecule has 0 aliphatic heterocycles. The van der Waals surface area contributed by atoms with Crippen LogP contribution >= 0.6 is 12.4 Å². The molecule has 3 aromatic rings. The Morgan fingerprint density at radius 2 is 1.23 bits per heavy atom. The molecule has 1 unspecified atom stereocenters. The number of rotatable bonds is 5. The van der Waals surface area contributed by atoms with Crippen LogP contribution in [0, 0.1) is 0 Å². The monoisotopic (exact) mass is 361 g/mol. The molecule has 1 atom stereocenters. The van der Waals surface area contributed by atoms with Crippen molar-refractivity contribution in [2.24, 2.45) is 0 Å². The van der Waals surface area contributed by atoms with E-state index in [0.29, 0.717) is 6.04 Å². The van der Waals surface area contributed by atoms with Crippen LogP contribution in [0.2, 0.25) is 0 Å². The first-order chi connectivity index (χ1) is 12.4. The number of halogens is 1. The molecule has 132 valence electrons. The first kappa shape index (κ1) is 18.4. The number of benzene rings is 3. The van der Waals surface area contributed by atoms with Crippen LogP contribution in [-0.4, -0.2) is 6.04 Å². The van der Waals surface area contributed by atoms with Crippen molar-refractivity contribution in [1.82, 2.24) is 5.32 Å². The molecule has 0 fully saturated rings. The average molecular weight is 362 g/mol. The highest BCUT2D eigenvalue weighted by molar-refractivity contribution is 5.95. The van der Waals surface area contributed by atoms with Crippen LogP contribution in [0.1, 0.15) is 29.5 Å². The van der Waals surface area contributed by atoms with E-state index < -0.39 is 0 Å². The maximum absolute atomic E-state index is 3.79. The Kier molecular flexibility index (Phi) is 6.27. The van der Waals surface area contributed by atoms with Crippen LogP contribution in [-0.2, 0) is 6.54 Å². The van der Waals surface area contributed by atoms with Gasteiger partial charge in [-0.2, -0.15) is 0 Å². The summed E-state index contributed by atoms with van der Waals surface area (Å²) in [6.07, 6.45) is 2.28. The van der Waals surface area contributed by atoms with Crippen LogP contribution in [0.15, 0.2) is 91.0 Å². The third-order valence-corrected chi connectivity index (χ3v) is 4.96. The van der Waals surface area contributed by atoms with E-state index in [9.17, 15) is 0 Å². The molecular formula is C24H24ClN. The standard InChI is InChI=1S/C24H23N.ClH/c1-4-10-19(11-5-1)18-25-23-17-16-22(20-12-6-2-7-13-20)24(23)21-14-8-3-9-15-21;/h1-15,23,25H,16-18H2;1H. The zero-order valence-electron chi connectivity index (χ0n) is 14.8. The molecule has 0 bridgehead atoms. The van der Waals surface area contributed by atoms with E-state index in [1.807, 2.05) is 0 Å². The Hall–Kier alpha value is -2.35. The Morgan fingerprint density at radius 3 is 1.85 bits per heavy atom. The van der Waals surface area contributed by atoms with Crippen molar-refractivity contribution in [2.75, 3.05) is 0 Å². The van der Waals surface area contributed by atoms with Gasteiger partial charge >= 0.3 is 0 Å². The zero-order chi connectivity index (χ0) is 16.9. The van der Waals surface area contributed by atoms with E-state index >= 15 is 0 Å². The minimum atomic E-state index is 0. The molecule has 0 saturated carbocycles. The summed E-state index contributed by atoms with van der Waals surface area (Å²) in [7, 11) is 0. The molecule has 1 aliphatic rings. The SMILES string of the molecule is Cl.c1ccc(CNC2CCC(c3ccccc3)=C2c2ccccc2)cc1. The Bertz CT molecular complexity index is 841. The number of hydrogen-bond acceptors (Lipinski definition) is 1. The van der Waals surface area contributed by atoms with Crippen LogP contribution in [0.25, 0.3) is 11.1 Å². The average Bonchev–Trinajstić information content (AvgIpc) is 3.12. The van der Waals surface area contributed by atoms with Crippen molar-refractivity contribution in [3.63, 3.8) is 0 Å². The smallest absolute Gasteiger partial charge is 0.0335 e. The normalized spacial score (nSPS) is 16.4. The fourth-order valence-electron chi connectivity index (χ4n) is 3.75. The molecule has 4 rings (SSSR count). The van der Waals surface area contributed by atoms with Crippen molar-refractivity contribution in [3.8, 4) is 0 Å². The van der Waals surface area contributed by atoms with E-state index in [-0.39, 0.29) is 12.4 Å². The summed E-state index contributed by atoms with van der Waals surface area (Å²) in [5.74, 6) is 0. The van der Waals surface area contributed by atoms with Gasteiger partial charge in [-0.05, 0) is 40.7 Å². The molecule has 0 aromatic heterocycles. The highest BCUT2D eigenvalue weighted by Crippen LogP contribution is 2.40. The summed E-state index contributed by atoms with van der Waals surface area (Å²) in [4.78, 5) is 0. The van der Waals surface area contributed by atoms with Gasteiger partial charge in [-0.25, -0.2) is 0 Å². The first-order valence-electron chi connectivity index (χ1n) is 9.03. The van der Waals surface area contributed by atoms with Crippen molar-refractivity contribution < 1.29 is 0 Å². The molecule has 0 saturated heterocycles. The Balaban J connectivity index is 0.00000196. The molecule has 1 aliphatic carbocycles. The maximum atomic E-state index is 3.79. The summed E-state index contributed by atoms with van der Waals surface area (Å²) < 4.78 is 0. The molecule has 26 heavy (non-hydrogen) atoms. The first-order valence-corrected chi connectivity index (χ1v) is 9.03. The minimum absolute atomic E-state index is 0. The van der Waals surface area contributed by atoms with Gasteiger partial charge < -0.3 is 5.32 Å². The molecule has 2 heteroatoms. The summed E-state index contributed by atoms with van der Waals surface area (Å²) in [5.41, 5.74) is 6.97. The van der Waals surface area contributed by atoms with Crippen LogP contribution in [0.5, 0.6) is 0 Å². The van der Waals surface area contributed by atoms with Crippen LogP contribution < -0.4 is 5.32 Å². The van der Waals surface area contributed by atoms with E-state index in [1.54, 1.807) is 0 Å². The predicted molar refractivity (Wildman–Crippen MR) is 113 cm³/mol. The molecule has 3 aromatic carbocycles. The summed E-state index contributed by atoms with van der Waals surface area (Å²) in [6.45, 7) is 0.907. The molecule has 0 heterocycles. The number of nitrogens with one attached hydrogen (secondary N) is 1. The van der Waals surface area contributed by atoms with Crippen LogP contribution in [0.4, 0.5) is 0 Å². The lowest BCUT2D eigenvalue weighted by atomic mass is 9.95. The number of allylic oxidation sites excluding steroid dienone is 1. The topological polar surface area (TPSA) is 12.0 Å². The minimum Gasteiger partial charge on any atom is -0.306 e. The lowest BCUT2D eigenvalue weighted by Gasteiger charge is -2.18. The van der Waals surface area contributed by atoms with Gasteiger partial charge in [0, 0.05) is 12.6 Å². The molecule has 0 spiro atoms. The summed E-state index contributed by atoms with van der Waals surface area (Å²) >= 11 is 0. The van der Waals surface area contributed by atoms with Gasteiger partial charge in [0.05, 0.1) is 0 Å². The second-order valence-electron chi connectivity index (χ2n) is 6.58. The molecule has 0 amide bonds. The Labute approximate surface area is 162 Å². The van der Waals surface area contributed by atoms with Gasteiger partial charge in [0.25, 0.3) is 0 Å². The molecule has 1 nitrogen and oxygen atoms in total. The largest absolute Gasteiger partial charge is 0.306 e. The molecular weight excluding hydrogens is 338 g/mol. The maximum Gasteiger partial charge on any atom is 0.0335 e. The third-order valence-electron chi connectivity index (χ3n) is 4.96. The van der Waals surface area contributed by atoms with Gasteiger partial charge in [0.1, 0.15) is 0 Å².